The highest BCUT2D eigenvalue weighted by Gasteiger charge is 2.08. The van der Waals surface area contributed by atoms with Crippen molar-refractivity contribution in [3.63, 3.8) is 0 Å². The van der Waals surface area contributed by atoms with Crippen molar-refractivity contribution in [1.29, 1.82) is 0 Å². The number of pyridine rings is 1. The van der Waals surface area contributed by atoms with Crippen molar-refractivity contribution in [2.75, 3.05) is 6.26 Å². The molecule has 2 aromatic rings. The number of rotatable bonds is 6. The Bertz CT molecular complexity index is 712. The molecule has 6 nitrogen and oxygen atoms in total. The van der Waals surface area contributed by atoms with Gasteiger partial charge in [-0.25, -0.2) is 13.1 Å². The zero-order valence-corrected chi connectivity index (χ0v) is 13.0. The zero-order valence-electron chi connectivity index (χ0n) is 11.4. The van der Waals surface area contributed by atoms with E-state index in [1.807, 2.05) is 17.5 Å². The third kappa shape index (κ3) is 5.25. The van der Waals surface area contributed by atoms with Gasteiger partial charge < -0.3 is 5.32 Å². The van der Waals surface area contributed by atoms with E-state index in [4.69, 9.17) is 0 Å². The first kappa shape index (κ1) is 15.6. The fourth-order valence-corrected chi connectivity index (χ4v) is 2.66. The minimum Gasteiger partial charge on any atom is -0.347 e. The second-order valence-corrected chi connectivity index (χ2v) is 7.26. The van der Waals surface area contributed by atoms with Gasteiger partial charge in [0.15, 0.2) is 0 Å². The van der Waals surface area contributed by atoms with E-state index >= 15 is 0 Å². The third-order valence-electron chi connectivity index (χ3n) is 2.60. The molecule has 0 unspecified atom stereocenters. The van der Waals surface area contributed by atoms with Gasteiger partial charge in [0.2, 0.25) is 10.0 Å². The molecule has 0 aromatic carbocycles. The summed E-state index contributed by atoms with van der Waals surface area (Å²) in [5.41, 5.74) is 0.941. The first-order chi connectivity index (χ1) is 9.94. The quantitative estimate of drug-likeness (QED) is 0.833. The molecular formula is C13H15N3O3S2. The summed E-state index contributed by atoms with van der Waals surface area (Å²) in [6.07, 6.45) is 2.56. The van der Waals surface area contributed by atoms with Crippen LogP contribution in [0.15, 0.2) is 35.8 Å². The van der Waals surface area contributed by atoms with Gasteiger partial charge in [0.25, 0.3) is 5.91 Å². The Morgan fingerprint density at radius 1 is 1.33 bits per heavy atom. The molecule has 21 heavy (non-hydrogen) atoms. The van der Waals surface area contributed by atoms with E-state index < -0.39 is 10.0 Å². The predicted molar refractivity (Wildman–Crippen MR) is 81.4 cm³/mol. The van der Waals surface area contributed by atoms with Crippen LogP contribution in [0.1, 0.15) is 20.9 Å². The van der Waals surface area contributed by atoms with E-state index in [1.165, 1.54) is 6.20 Å². The van der Waals surface area contributed by atoms with Gasteiger partial charge in [-0.15, -0.1) is 11.3 Å². The molecule has 0 radical (unpaired) electrons. The lowest BCUT2D eigenvalue weighted by molar-refractivity contribution is 0.0951. The number of sulfonamides is 1. The summed E-state index contributed by atoms with van der Waals surface area (Å²) in [6, 6.07) is 7.03. The van der Waals surface area contributed by atoms with Crippen LogP contribution < -0.4 is 10.0 Å². The highest BCUT2D eigenvalue weighted by Crippen LogP contribution is 2.08. The number of thiophene rings is 1. The Hall–Kier alpha value is -1.77. The summed E-state index contributed by atoms with van der Waals surface area (Å²) in [4.78, 5) is 17.1. The number of nitrogens with zero attached hydrogens (tertiary/aromatic N) is 1. The number of nitrogens with one attached hydrogen (secondary N) is 2. The predicted octanol–water partition coefficient (Wildman–Crippen LogP) is 1.12. The van der Waals surface area contributed by atoms with E-state index in [1.54, 1.807) is 23.5 Å². The van der Waals surface area contributed by atoms with Crippen LogP contribution in [-0.4, -0.2) is 25.6 Å². The second kappa shape index (κ2) is 6.79. The fraction of sp³-hybridized carbons (Fsp3) is 0.231. The van der Waals surface area contributed by atoms with Crippen LogP contribution in [0.2, 0.25) is 0 Å². The molecule has 0 aliphatic carbocycles. The van der Waals surface area contributed by atoms with Crippen LogP contribution in [0.5, 0.6) is 0 Å². The molecule has 112 valence electrons. The largest absolute Gasteiger partial charge is 0.347 e. The molecule has 0 aliphatic heterocycles. The Balaban J connectivity index is 1.97. The normalized spacial score (nSPS) is 11.3. The third-order valence-corrected chi connectivity index (χ3v) is 4.14. The monoisotopic (exact) mass is 325 g/mol. The maximum absolute atomic E-state index is 12.0. The lowest BCUT2D eigenvalue weighted by Crippen LogP contribution is -2.24. The summed E-state index contributed by atoms with van der Waals surface area (Å²) >= 11 is 1.57. The van der Waals surface area contributed by atoms with Gasteiger partial charge in [-0.1, -0.05) is 6.07 Å². The lowest BCUT2D eigenvalue weighted by atomic mass is 10.2. The van der Waals surface area contributed by atoms with Crippen molar-refractivity contribution in [3.05, 3.63) is 52.0 Å². The Labute approximate surface area is 127 Å². The van der Waals surface area contributed by atoms with E-state index in [0.717, 1.165) is 11.1 Å². The van der Waals surface area contributed by atoms with Crippen LogP contribution in [0.4, 0.5) is 0 Å². The van der Waals surface area contributed by atoms with Crippen molar-refractivity contribution >= 4 is 27.3 Å². The summed E-state index contributed by atoms with van der Waals surface area (Å²) in [6.45, 7) is 0.528. The van der Waals surface area contributed by atoms with E-state index in [-0.39, 0.29) is 12.5 Å². The Morgan fingerprint density at radius 3 is 2.81 bits per heavy atom. The smallest absolute Gasteiger partial charge is 0.251 e. The van der Waals surface area contributed by atoms with Crippen molar-refractivity contribution in [3.8, 4) is 0 Å². The molecule has 0 saturated carbocycles. The van der Waals surface area contributed by atoms with Crippen molar-refractivity contribution in [2.45, 2.75) is 13.1 Å². The van der Waals surface area contributed by atoms with Gasteiger partial charge in [0, 0.05) is 16.6 Å². The minimum atomic E-state index is -3.28. The van der Waals surface area contributed by atoms with Gasteiger partial charge in [-0.3, -0.25) is 9.78 Å². The average Bonchev–Trinajstić information content (AvgIpc) is 2.95. The zero-order chi connectivity index (χ0) is 15.3. The molecule has 0 spiro atoms. The topological polar surface area (TPSA) is 88.2 Å². The number of hydrogen-bond donors (Lipinski definition) is 2. The summed E-state index contributed by atoms with van der Waals surface area (Å²) < 4.78 is 24.4. The average molecular weight is 325 g/mol. The fourth-order valence-electron chi connectivity index (χ4n) is 1.60. The van der Waals surface area contributed by atoms with Gasteiger partial charge in [0.1, 0.15) is 0 Å². The SMILES string of the molecule is CS(=O)(=O)NCc1cc(C(=O)NCc2cccs2)ccn1. The summed E-state index contributed by atoms with van der Waals surface area (Å²) in [5.74, 6) is -0.216. The standard InChI is InChI=1S/C13H15N3O3S2/c1-21(18,19)16-8-11-7-10(4-5-14-11)13(17)15-9-12-3-2-6-20-12/h2-7,16H,8-9H2,1H3,(H,15,17). The minimum absolute atomic E-state index is 0.0604. The number of aromatic nitrogens is 1. The second-order valence-electron chi connectivity index (χ2n) is 4.39. The van der Waals surface area contributed by atoms with Crippen LogP contribution in [0.3, 0.4) is 0 Å². The van der Waals surface area contributed by atoms with Crippen LogP contribution in [0, 0.1) is 0 Å². The lowest BCUT2D eigenvalue weighted by Gasteiger charge is -2.06. The summed E-state index contributed by atoms with van der Waals surface area (Å²) in [5, 5.41) is 4.75. The molecular weight excluding hydrogens is 310 g/mol. The van der Waals surface area contributed by atoms with E-state index in [2.05, 4.69) is 15.0 Å². The van der Waals surface area contributed by atoms with Crippen LogP contribution in [0.25, 0.3) is 0 Å². The maximum atomic E-state index is 12.0. The first-order valence-corrected chi connectivity index (χ1v) is 8.91. The number of amides is 1. The van der Waals surface area contributed by atoms with Gasteiger partial charge in [0.05, 0.1) is 25.0 Å². The van der Waals surface area contributed by atoms with E-state index in [9.17, 15) is 13.2 Å². The molecule has 0 aliphatic rings. The molecule has 2 N–H and O–H groups in total. The number of carbonyl (C=O) groups excluding carboxylic acids is 1. The Morgan fingerprint density at radius 2 is 2.14 bits per heavy atom. The van der Waals surface area contributed by atoms with Crippen molar-refractivity contribution < 1.29 is 13.2 Å². The molecule has 2 aromatic heterocycles. The molecule has 0 atom stereocenters. The molecule has 0 saturated heterocycles. The van der Waals surface area contributed by atoms with Crippen LogP contribution in [-0.2, 0) is 23.1 Å². The van der Waals surface area contributed by atoms with Gasteiger partial charge in [-0.05, 0) is 23.6 Å². The first-order valence-electron chi connectivity index (χ1n) is 6.14. The van der Waals surface area contributed by atoms with Crippen molar-refractivity contribution in [2.24, 2.45) is 0 Å². The molecule has 8 heteroatoms. The number of carbonyl (C=O) groups is 1. The van der Waals surface area contributed by atoms with E-state index in [0.29, 0.717) is 17.8 Å². The molecule has 0 fully saturated rings. The molecule has 2 rings (SSSR count). The molecule has 1 amide bonds. The van der Waals surface area contributed by atoms with Gasteiger partial charge >= 0.3 is 0 Å². The van der Waals surface area contributed by atoms with Crippen molar-refractivity contribution in [1.82, 2.24) is 15.0 Å². The highest BCUT2D eigenvalue weighted by molar-refractivity contribution is 7.88. The van der Waals surface area contributed by atoms with Gasteiger partial charge in [-0.2, -0.15) is 0 Å². The summed E-state index contributed by atoms with van der Waals surface area (Å²) in [7, 11) is -3.28. The number of hydrogen-bond acceptors (Lipinski definition) is 5. The molecule has 0 bridgehead atoms. The van der Waals surface area contributed by atoms with Crippen LogP contribution >= 0.6 is 11.3 Å². The molecule has 2 heterocycles. The maximum Gasteiger partial charge on any atom is 0.251 e. The highest BCUT2D eigenvalue weighted by atomic mass is 32.2. The Kier molecular flexibility index (Phi) is 5.05.